The number of urea groups is 1. The number of anilines is 1. The molecule has 7 nitrogen and oxygen atoms in total. The largest absolute Gasteiger partial charge is 0.457 e. The summed E-state index contributed by atoms with van der Waals surface area (Å²) in [6.45, 7) is 2.21. The molecule has 0 fully saturated rings. The molecule has 11 heteroatoms. The topological polar surface area (TPSA) is 78.9 Å². The van der Waals surface area contributed by atoms with Gasteiger partial charge in [0, 0.05) is 37.6 Å². The minimum atomic E-state index is -4.62. The third-order valence-electron chi connectivity index (χ3n) is 5.88. The first kappa shape index (κ1) is 23.9. The quantitative estimate of drug-likeness (QED) is 0.482. The van der Waals surface area contributed by atoms with E-state index in [0.717, 1.165) is 35.6 Å². The van der Waals surface area contributed by atoms with Crippen molar-refractivity contribution >= 4 is 29.2 Å². The molecule has 3 heterocycles. The smallest absolute Gasteiger partial charge is 0.417 e. The number of benzene rings is 2. The molecule has 3 aromatic rings. The lowest BCUT2D eigenvalue weighted by Crippen LogP contribution is -2.38. The second kappa shape index (κ2) is 9.69. The van der Waals surface area contributed by atoms with Crippen LogP contribution >= 0.6 is 11.6 Å². The van der Waals surface area contributed by atoms with Gasteiger partial charge in [-0.3, -0.25) is 9.98 Å². The maximum Gasteiger partial charge on any atom is 0.417 e. The molecule has 186 valence electrons. The van der Waals surface area contributed by atoms with Gasteiger partial charge in [-0.1, -0.05) is 17.7 Å². The number of amides is 2. The Morgan fingerprint density at radius 3 is 2.69 bits per heavy atom. The van der Waals surface area contributed by atoms with E-state index in [0.29, 0.717) is 43.2 Å². The number of fused-ring (bicyclic) bond motifs is 1. The monoisotopic (exact) mass is 515 g/mol. The number of hydrogen-bond donors (Lipinski definition) is 2. The number of aromatic nitrogens is 1. The SMILES string of the molecule is O=C(Nc1ccc(Cl)c(C(F)(F)F)c1)N1CCc2ccc(Oc3ccnc(C4=NCCN4)c3)cc2C1. The zero-order valence-electron chi connectivity index (χ0n) is 18.9. The van der Waals surface area contributed by atoms with Crippen molar-refractivity contribution in [3.63, 3.8) is 0 Å². The van der Waals surface area contributed by atoms with E-state index in [4.69, 9.17) is 16.3 Å². The Morgan fingerprint density at radius 1 is 1.08 bits per heavy atom. The van der Waals surface area contributed by atoms with Gasteiger partial charge in [0.2, 0.25) is 0 Å². The zero-order chi connectivity index (χ0) is 25.3. The van der Waals surface area contributed by atoms with Crippen LogP contribution in [-0.2, 0) is 19.1 Å². The van der Waals surface area contributed by atoms with E-state index in [1.807, 2.05) is 18.2 Å². The molecule has 0 spiro atoms. The summed E-state index contributed by atoms with van der Waals surface area (Å²) in [5, 5.41) is 5.30. The number of carbonyl (C=O) groups is 1. The molecule has 0 radical (unpaired) electrons. The molecule has 1 aromatic heterocycles. The van der Waals surface area contributed by atoms with Crippen LogP contribution in [0.4, 0.5) is 23.7 Å². The predicted molar refractivity (Wildman–Crippen MR) is 130 cm³/mol. The Balaban J connectivity index is 1.28. The van der Waals surface area contributed by atoms with Crippen molar-refractivity contribution in [1.82, 2.24) is 15.2 Å². The molecule has 0 unspecified atom stereocenters. The molecular formula is C25H21ClF3N5O2. The van der Waals surface area contributed by atoms with Crippen LogP contribution in [0.25, 0.3) is 0 Å². The lowest BCUT2D eigenvalue weighted by atomic mass is 10.00. The lowest BCUT2D eigenvalue weighted by Gasteiger charge is -2.29. The van der Waals surface area contributed by atoms with E-state index in [1.165, 1.54) is 6.07 Å². The van der Waals surface area contributed by atoms with Crippen LogP contribution in [0.3, 0.4) is 0 Å². The van der Waals surface area contributed by atoms with Gasteiger partial charge in [0.25, 0.3) is 0 Å². The summed E-state index contributed by atoms with van der Waals surface area (Å²) >= 11 is 5.67. The predicted octanol–water partition coefficient (Wildman–Crippen LogP) is 5.49. The van der Waals surface area contributed by atoms with Gasteiger partial charge in [-0.05, 0) is 53.9 Å². The van der Waals surface area contributed by atoms with Crippen LogP contribution in [0.15, 0.2) is 59.7 Å². The highest BCUT2D eigenvalue weighted by Crippen LogP contribution is 2.36. The van der Waals surface area contributed by atoms with Crippen LogP contribution in [0, 0.1) is 0 Å². The number of pyridine rings is 1. The molecule has 5 rings (SSSR count). The first-order chi connectivity index (χ1) is 17.3. The fraction of sp³-hybridized carbons (Fsp3) is 0.240. The number of alkyl halides is 3. The van der Waals surface area contributed by atoms with Gasteiger partial charge in [0.1, 0.15) is 23.0 Å². The fourth-order valence-electron chi connectivity index (χ4n) is 4.10. The zero-order valence-corrected chi connectivity index (χ0v) is 19.7. The molecule has 0 bridgehead atoms. The van der Waals surface area contributed by atoms with Crippen LogP contribution in [0.1, 0.15) is 22.4 Å². The number of nitrogens with one attached hydrogen (secondary N) is 2. The van der Waals surface area contributed by atoms with E-state index in [2.05, 4.69) is 20.6 Å². The summed E-state index contributed by atoms with van der Waals surface area (Å²) in [5.74, 6) is 1.93. The van der Waals surface area contributed by atoms with E-state index in [1.54, 1.807) is 23.2 Å². The maximum absolute atomic E-state index is 13.1. The Hall–Kier alpha value is -3.79. The summed E-state index contributed by atoms with van der Waals surface area (Å²) in [6, 6.07) is 12.0. The van der Waals surface area contributed by atoms with Gasteiger partial charge in [-0.15, -0.1) is 0 Å². The number of rotatable bonds is 4. The van der Waals surface area contributed by atoms with Crippen molar-refractivity contribution in [3.05, 3.63) is 82.1 Å². The molecule has 0 aliphatic carbocycles. The van der Waals surface area contributed by atoms with Gasteiger partial charge in [0.15, 0.2) is 0 Å². The number of ether oxygens (including phenoxy) is 1. The summed E-state index contributed by atoms with van der Waals surface area (Å²) in [5.41, 5.74) is 1.70. The molecule has 2 aliphatic rings. The van der Waals surface area contributed by atoms with Crippen molar-refractivity contribution < 1.29 is 22.7 Å². The molecule has 0 saturated heterocycles. The second-order valence-electron chi connectivity index (χ2n) is 8.36. The van der Waals surface area contributed by atoms with Crippen molar-refractivity contribution in [2.24, 2.45) is 4.99 Å². The highest BCUT2D eigenvalue weighted by Gasteiger charge is 2.33. The Labute approximate surface area is 210 Å². The van der Waals surface area contributed by atoms with Gasteiger partial charge < -0.3 is 20.3 Å². The van der Waals surface area contributed by atoms with Gasteiger partial charge in [-0.25, -0.2) is 4.79 Å². The first-order valence-electron chi connectivity index (χ1n) is 11.2. The van der Waals surface area contributed by atoms with Crippen LogP contribution in [0.5, 0.6) is 11.5 Å². The molecule has 2 aromatic carbocycles. The minimum Gasteiger partial charge on any atom is -0.457 e. The summed E-state index contributed by atoms with van der Waals surface area (Å²) in [4.78, 5) is 23.0. The molecule has 2 amide bonds. The molecule has 2 aliphatic heterocycles. The van der Waals surface area contributed by atoms with Gasteiger partial charge >= 0.3 is 12.2 Å². The molecule has 0 saturated carbocycles. The number of hydrogen-bond acceptors (Lipinski definition) is 5. The Kier molecular flexibility index (Phi) is 6.44. The third kappa shape index (κ3) is 5.23. The van der Waals surface area contributed by atoms with Gasteiger partial charge in [0.05, 0.1) is 17.1 Å². The highest BCUT2D eigenvalue weighted by molar-refractivity contribution is 6.31. The van der Waals surface area contributed by atoms with E-state index < -0.39 is 22.8 Å². The average Bonchev–Trinajstić information content (AvgIpc) is 3.39. The molecule has 0 atom stereocenters. The van der Waals surface area contributed by atoms with Gasteiger partial charge in [-0.2, -0.15) is 13.2 Å². The summed E-state index contributed by atoms with van der Waals surface area (Å²) in [7, 11) is 0. The standard InChI is InChI=1S/C25H21ClF3N5O2/c26-21-4-2-17(12-20(21)25(27,28)29)33-24(35)34-10-6-15-1-3-18(11-16(15)14-34)36-19-5-7-30-22(13-19)23-31-8-9-32-23/h1-5,7,11-13H,6,8-10,14H2,(H,31,32)(H,33,35). The average molecular weight is 516 g/mol. The first-order valence-corrected chi connectivity index (χ1v) is 11.6. The van der Waals surface area contributed by atoms with Crippen LogP contribution in [0.2, 0.25) is 5.02 Å². The maximum atomic E-state index is 13.1. The number of carbonyl (C=O) groups excluding carboxylic acids is 1. The van der Waals surface area contributed by atoms with E-state index in [-0.39, 0.29) is 5.69 Å². The third-order valence-corrected chi connectivity index (χ3v) is 6.21. The van der Waals surface area contributed by atoms with Crippen molar-refractivity contribution in [2.45, 2.75) is 19.1 Å². The molecular weight excluding hydrogens is 495 g/mol. The number of aliphatic imine (C=N–C) groups is 1. The van der Waals surface area contributed by atoms with E-state index in [9.17, 15) is 18.0 Å². The number of halogens is 4. The normalized spacial score (nSPS) is 15.1. The Morgan fingerprint density at radius 2 is 1.92 bits per heavy atom. The van der Waals surface area contributed by atoms with Crippen LogP contribution in [-0.4, -0.2) is 41.4 Å². The van der Waals surface area contributed by atoms with E-state index >= 15 is 0 Å². The molecule has 36 heavy (non-hydrogen) atoms. The summed E-state index contributed by atoms with van der Waals surface area (Å²) in [6.07, 6.45) is -2.35. The minimum absolute atomic E-state index is 0.0226. The molecule has 2 N–H and O–H groups in total. The lowest BCUT2D eigenvalue weighted by molar-refractivity contribution is -0.137. The highest BCUT2D eigenvalue weighted by atomic mass is 35.5. The number of nitrogens with zero attached hydrogens (tertiary/aromatic N) is 3. The van der Waals surface area contributed by atoms with Crippen molar-refractivity contribution in [1.29, 1.82) is 0 Å². The van der Waals surface area contributed by atoms with Crippen molar-refractivity contribution in [3.8, 4) is 11.5 Å². The fourth-order valence-corrected chi connectivity index (χ4v) is 4.33. The van der Waals surface area contributed by atoms with Crippen LogP contribution < -0.4 is 15.4 Å². The van der Waals surface area contributed by atoms with Crippen molar-refractivity contribution in [2.75, 3.05) is 25.0 Å². The Bertz CT molecular complexity index is 1350. The second-order valence-corrected chi connectivity index (χ2v) is 8.77. The summed E-state index contributed by atoms with van der Waals surface area (Å²) < 4.78 is 45.5. The number of amidine groups is 1.